The van der Waals surface area contributed by atoms with E-state index in [9.17, 15) is 4.21 Å². The molecule has 0 bridgehead atoms. The normalized spacial score (nSPS) is 13.0. The summed E-state index contributed by atoms with van der Waals surface area (Å²) in [6.07, 6.45) is 1.38. The van der Waals surface area contributed by atoms with Crippen LogP contribution in [0.25, 0.3) is 0 Å². The van der Waals surface area contributed by atoms with Gasteiger partial charge in [-0.15, -0.1) is 0 Å². The van der Waals surface area contributed by atoms with Crippen molar-refractivity contribution in [2.24, 2.45) is 0 Å². The van der Waals surface area contributed by atoms with Gasteiger partial charge >= 0.3 is 0 Å². The molecule has 0 aliphatic heterocycles. The van der Waals surface area contributed by atoms with Crippen molar-refractivity contribution in [1.29, 1.82) is 0 Å². The van der Waals surface area contributed by atoms with Crippen molar-refractivity contribution in [3.63, 3.8) is 0 Å². The molecular formula is C6H8N2O2S. The fourth-order valence-electron chi connectivity index (χ4n) is 0.834. The Morgan fingerprint density at radius 2 is 1.82 bits per heavy atom. The Hall–Kier alpha value is -0.810. The van der Waals surface area contributed by atoms with Crippen molar-refractivity contribution in [2.45, 2.75) is 18.7 Å². The lowest BCUT2D eigenvalue weighted by molar-refractivity contribution is 0.561. The summed E-state index contributed by atoms with van der Waals surface area (Å²) in [5, 5.41) is 0. The Morgan fingerprint density at radius 3 is 2.09 bits per heavy atom. The second-order valence-electron chi connectivity index (χ2n) is 2.12. The van der Waals surface area contributed by atoms with Crippen LogP contribution in [0.2, 0.25) is 0 Å². The molecule has 1 N–H and O–H groups in total. The smallest absolute Gasteiger partial charge is 0.190 e. The van der Waals surface area contributed by atoms with E-state index < -0.39 is 11.1 Å². The van der Waals surface area contributed by atoms with Gasteiger partial charge in [-0.25, -0.2) is 14.2 Å². The number of aromatic nitrogens is 2. The molecule has 0 amide bonds. The van der Waals surface area contributed by atoms with E-state index >= 15 is 0 Å². The van der Waals surface area contributed by atoms with Crippen LogP contribution in [0.15, 0.2) is 11.2 Å². The molecule has 0 radical (unpaired) electrons. The molecule has 60 valence electrons. The Morgan fingerprint density at radius 1 is 1.36 bits per heavy atom. The second kappa shape index (κ2) is 3.06. The first-order valence-electron chi connectivity index (χ1n) is 3.02. The summed E-state index contributed by atoms with van der Waals surface area (Å²) in [6.45, 7) is 3.36. The van der Waals surface area contributed by atoms with Gasteiger partial charge < -0.3 is 4.55 Å². The third-order valence-corrected chi connectivity index (χ3v) is 2.27. The first-order valence-corrected chi connectivity index (χ1v) is 4.12. The predicted molar refractivity (Wildman–Crippen MR) is 40.5 cm³/mol. The molecule has 0 saturated heterocycles. The average molecular weight is 172 g/mol. The third-order valence-electron chi connectivity index (χ3n) is 1.33. The van der Waals surface area contributed by atoms with Crippen molar-refractivity contribution in [2.75, 3.05) is 0 Å². The molecule has 0 spiro atoms. The largest absolute Gasteiger partial charge is 0.302 e. The zero-order chi connectivity index (χ0) is 8.43. The summed E-state index contributed by atoms with van der Waals surface area (Å²) in [6, 6.07) is 0. The SMILES string of the molecule is Cc1ncnc(C)c1S(=O)O. The van der Waals surface area contributed by atoms with Crippen molar-refractivity contribution < 1.29 is 8.76 Å². The summed E-state index contributed by atoms with van der Waals surface area (Å²) in [5.41, 5.74) is 1.11. The summed E-state index contributed by atoms with van der Waals surface area (Å²) < 4.78 is 19.5. The molecule has 4 nitrogen and oxygen atoms in total. The molecule has 1 atom stereocenters. The first kappa shape index (κ1) is 8.29. The predicted octanol–water partition coefficient (Wildman–Crippen LogP) is 0.674. The van der Waals surface area contributed by atoms with Gasteiger partial charge in [-0.2, -0.15) is 0 Å². The van der Waals surface area contributed by atoms with Crippen LogP contribution in [-0.2, 0) is 11.1 Å². The van der Waals surface area contributed by atoms with Gasteiger partial charge in [0, 0.05) is 0 Å². The van der Waals surface area contributed by atoms with Gasteiger partial charge in [0.15, 0.2) is 11.1 Å². The van der Waals surface area contributed by atoms with Crippen LogP contribution in [0, 0.1) is 13.8 Å². The lowest BCUT2D eigenvalue weighted by Crippen LogP contribution is -2.00. The highest BCUT2D eigenvalue weighted by Crippen LogP contribution is 2.10. The van der Waals surface area contributed by atoms with Gasteiger partial charge in [-0.05, 0) is 13.8 Å². The molecule has 1 heterocycles. The first-order chi connectivity index (χ1) is 5.13. The van der Waals surface area contributed by atoms with Gasteiger partial charge in [-0.1, -0.05) is 0 Å². The number of rotatable bonds is 1. The Bertz CT molecular complexity index is 280. The molecule has 5 heteroatoms. The van der Waals surface area contributed by atoms with Crippen molar-refractivity contribution in [3.05, 3.63) is 17.7 Å². The van der Waals surface area contributed by atoms with Gasteiger partial charge in [0.1, 0.15) is 11.2 Å². The van der Waals surface area contributed by atoms with Crippen LogP contribution >= 0.6 is 0 Å². The zero-order valence-electron chi connectivity index (χ0n) is 6.24. The van der Waals surface area contributed by atoms with Crippen molar-refractivity contribution in [3.8, 4) is 0 Å². The van der Waals surface area contributed by atoms with Crippen molar-refractivity contribution >= 4 is 11.1 Å². The molecule has 0 fully saturated rings. The molecule has 0 saturated carbocycles. The van der Waals surface area contributed by atoms with Gasteiger partial charge in [0.05, 0.1) is 11.4 Å². The highest BCUT2D eigenvalue weighted by Gasteiger charge is 2.08. The van der Waals surface area contributed by atoms with Crippen LogP contribution in [0.1, 0.15) is 11.4 Å². The van der Waals surface area contributed by atoms with Crippen molar-refractivity contribution in [1.82, 2.24) is 9.97 Å². The topological polar surface area (TPSA) is 63.1 Å². The number of nitrogens with zero attached hydrogens (tertiary/aromatic N) is 2. The monoisotopic (exact) mass is 172 g/mol. The second-order valence-corrected chi connectivity index (χ2v) is 3.03. The maximum atomic E-state index is 10.7. The fourth-order valence-corrected chi connectivity index (χ4v) is 1.44. The van der Waals surface area contributed by atoms with E-state index in [-0.39, 0.29) is 0 Å². The maximum absolute atomic E-state index is 10.7. The van der Waals surface area contributed by atoms with Gasteiger partial charge in [-0.3, -0.25) is 0 Å². The van der Waals surface area contributed by atoms with E-state index in [1.54, 1.807) is 13.8 Å². The third kappa shape index (κ3) is 1.61. The molecule has 1 rings (SSSR count). The summed E-state index contributed by atoms with van der Waals surface area (Å²) >= 11 is -1.98. The number of hydrogen-bond donors (Lipinski definition) is 1. The molecule has 11 heavy (non-hydrogen) atoms. The summed E-state index contributed by atoms with van der Waals surface area (Å²) in [5.74, 6) is 0. The highest BCUT2D eigenvalue weighted by molar-refractivity contribution is 7.79. The molecule has 0 aliphatic carbocycles. The minimum atomic E-state index is -1.98. The maximum Gasteiger partial charge on any atom is 0.190 e. The van der Waals surface area contributed by atoms with Crippen LogP contribution in [0.5, 0.6) is 0 Å². The number of aryl methyl sites for hydroxylation is 2. The molecule has 1 aromatic heterocycles. The molecular weight excluding hydrogens is 164 g/mol. The summed E-state index contributed by atoms with van der Waals surface area (Å²) in [4.78, 5) is 7.91. The molecule has 1 unspecified atom stereocenters. The molecule has 0 aliphatic rings. The van der Waals surface area contributed by atoms with E-state index in [0.29, 0.717) is 16.3 Å². The average Bonchev–Trinajstić information content (AvgIpc) is 1.85. The minimum absolute atomic E-state index is 0.313. The van der Waals surface area contributed by atoms with E-state index in [1.807, 2.05) is 0 Å². The molecule has 0 aromatic carbocycles. The Kier molecular flexibility index (Phi) is 2.31. The Labute approximate surface area is 67.0 Å². The van der Waals surface area contributed by atoms with Crippen LogP contribution in [-0.4, -0.2) is 18.7 Å². The van der Waals surface area contributed by atoms with Gasteiger partial charge in [0.2, 0.25) is 0 Å². The van der Waals surface area contributed by atoms with Gasteiger partial charge in [0.25, 0.3) is 0 Å². The lowest BCUT2D eigenvalue weighted by atomic mass is 10.4. The summed E-state index contributed by atoms with van der Waals surface area (Å²) in [7, 11) is 0. The zero-order valence-corrected chi connectivity index (χ0v) is 7.05. The minimum Gasteiger partial charge on any atom is -0.302 e. The molecule has 1 aromatic rings. The Balaban J connectivity index is 3.32. The van der Waals surface area contributed by atoms with Crippen LogP contribution in [0.4, 0.5) is 0 Å². The standard InChI is InChI=1S/C6H8N2O2S/c1-4-6(11(9)10)5(2)8-3-7-4/h3H,1-2H3,(H,9,10). The highest BCUT2D eigenvalue weighted by atomic mass is 32.2. The fraction of sp³-hybridized carbons (Fsp3) is 0.333. The van der Waals surface area contributed by atoms with Crippen LogP contribution < -0.4 is 0 Å². The van der Waals surface area contributed by atoms with E-state index in [4.69, 9.17) is 4.55 Å². The van der Waals surface area contributed by atoms with E-state index in [0.717, 1.165) is 0 Å². The quantitative estimate of drug-likeness (QED) is 0.632. The van der Waals surface area contributed by atoms with Crippen LogP contribution in [0.3, 0.4) is 0 Å². The van der Waals surface area contributed by atoms with E-state index in [1.165, 1.54) is 6.33 Å². The van der Waals surface area contributed by atoms with E-state index in [2.05, 4.69) is 9.97 Å². The lowest BCUT2D eigenvalue weighted by Gasteiger charge is -2.01. The number of hydrogen-bond acceptors (Lipinski definition) is 3.